The summed E-state index contributed by atoms with van der Waals surface area (Å²) in [5.74, 6) is 0.593. The van der Waals surface area contributed by atoms with Gasteiger partial charge in [-0.05, 0) is 41.3 Å². The maximum atomic E-state index is 12.6. The van der Waals surface area contributed by atoms with Crippen LogP contribution >= 0.6 is 22.7 Å². The lowest BCUT2D eigenvalue weighted by atomic mass is 10.2. The molecule has 4 rings (SSSR count). The van der Waals surface area contributed by atoms with E-state index in [0.29, 0.717) is 17.1 Å². The Labute approximate surface area is 164 Å². The number of nitrogens with zero attached hydrogens (tertiary/aromatic N) is 1. The van der Waals surface area contributed by atoms with Gasteiger partial charge in [0.25, 0.3) is 5.91 Å². The molecule has 0 fully saturated rings. The number of amides is 1. The number of nitrogen functional groups attached to an aromatic ring is 1. The minimum atomic E-state index is -0.191. The summed E-state index contributed by atoms with van der Waals surface area (Å²) >= 11 is 2.95. The van der Waals surface area contributed by atoms with Gasteiger partial charge in [0.1, 0.15) is 15.5 Å². The number of pyridine rings is 1. The van der Waals surface area contributed by atoms with E-state index in [0.717, 1.165) is 32.1 Å². The summed E-state index contributed by atoms with van der Waals surface area (Å²) in [5, 5.41) is 5.75. The van der Waals surface area contributed by atoms with E-state index in [2.05, 4.69) is 10.3 Å². The lowest BCUT2D eigenvalue weighted by Crippen LogP contribution is -2.22. The first-order valence-corrected chi connectivity index (χ1v) is 9.99. The van der Waals surface area contributed by atoms with Crippen molar-refractivity contribution in [2.24, 2.45) is 0 Å². The maximum Gasteiger partial charge on any atom is 0.263 e. The van der Waals surface area contributed by atoms with E-state index in [1.165, 1.54) is 11.3 Å². The minimum Gasteiger partial charge on any atom is -0.497 e. The molecule has 1 aromatic carbocycles. The minimum absolute atomic E-state index is 0.191. The Bertz CT molecular complexity index is 1090. The number of ether oxygens (including phenoxy) is 1. The van der Waals surface area contributed by atoms with Gasteiger partial charge in [0.2, 0.25) is 0 Å². The summed E-state index contributed by atoms with van der Waals surface area (Å²) in [4.78, 5) is 19.6. The second-order valence-corrected chi connectivity index (χ2v) is 7.85. The molecule has 5 nitrogen and oxygen atoms in total. The smallest absolute Gasteiger partial charge is 0.263 e. The van der Waals surface area contributed by atoms with Crippen molar-refractivity contribution in [3.8, 4) is 16.3 Å². The molecule has 0 spiro atoms. The number of aromatic nitrogens is 1. The van der Waals surface area contributed by atoms with E-state index in [4.69, 9.17) is 10.5 Å². The number of methoxy groups -OCH3 is 1. The van der Waals surface area contributed by atoms with Crippen molar-refractivity contribution in [1.29, 1.82) is 0 Å². The van der Waals surface area contributed by atoms with E-state index < -0.39 is 0 Å². The zero-order chi connectivity index (χ0) is 18.8. The van der Waals surface area contributed by atoms with Crippen molar-refractivity contribution in [3.05, 3.63) is 64.4 Å². The van der Waals surface area contributed by atoms with Gasteiger partial charge in [-0.15, -0.1) is 22.7 Å². The molecule has 0 saturated carbocycles. The number of carbonyl (C=O) groups is 1. The van der Waals surface area contributed by atoms with Gasteiger partial charge in [-0.1, -0.05) is 18.2 Å². The van der Waals surface area contributed by atoms with E-state index in [1.807, 2.05) is 53.9 Å². The third kappa shape index (κ3) is 3.51. The molecule has 0 atom stereocenters. The zero-order valence-corrected chi connectivity index (χ0v) is 16.2. The van der Waals surface area contributed by atoms with Crippen molar-refractivity contribution in [2.45, 2.75) is 6.54 Å². The number of anilines is 1. The molecule has 7 heteroatoms. The van der Waals surface area contributed by atoms with Crippen LogP contribution in [0.25, 0.3) is 20.8 Å². The number of hydrogen-bond acceptors (Lipinski definition) is 6. The average molecular weight is 396 g/mol. The van der Waals surface area contributed by atoms with Crippen LogP contribution in [0, 0.1) is 0 Å². The van der Waals surface area contributed by atoms with Gasteiger partial charge < -0.3 is 15.8 Å². The first-order chi connectivity index (χ1) is 13.2. The molecule has 27 heavy (non-hydrogen) atoms. The third-order valence-electron chi connectivity index (χ3n) is 4.19. The normalized spacial score (nSPS) is 10.9. The Hall–Kier alpha value is -2.90. The van der Waals surface area contributed by atoms with Crippen LogP contribution in [0.1, 0.15) is 15.2 Å². The summed E-state index contributed by atoms with van der Waals surface area (Å²) in [7, 11) is 1.62. The van der Waals surface area contributed by atoms with Crippen molar-refractivity contribution >= 4 is 44.5 Å². The molecule has 3 N–H and O–H groups in total. The van der Waals surface area contributed by atoms with Gasteiger partial charge in [-0.3, -0.25) is 4.79 Å². The van der Waals surface area contributed by atoms with Gasteiger partial charge in [-0.2, -0.15) is 0 Å². The highest BCUT2D eigenvalue weighted by Gasteiger charge is 2.17. The Morgan fingerprint density at radius 1 is 1.19 bits per heavy atom. The van der Waals surface area contributed by atoms with Crippen LogP contribution in [0.15, 0.2) is 53.9 Å². The van der Waals surface area contributed by atoms with Crippen LogP contribution in [0.4, 0.5) is 5.69 Å². The molecule has 0 saturated heterocycles. The topological polar surface area (TPSA) is 77.2 Å². The summed E-state index contributed by atoms with van der Waals surface area (Å²) in [6, 6.07) is 15.5. The lowest BCUT2D eigenvalue weighted by molar-refractivity contribution is 0.0956. The Balaban J connectivity index is 1.55. The standard InChI is InChI=1S/C20H17N3O2S2/c1-25-13-6-4-12(5-7-13)11-22-19(24)18-17(21)14-8-9-15(23-20(14)27-18)16-3-2-10-26-16/h2-10H,11,21H2,1H3,(H,22,24). The van der Waals surface area contributed by atoms with Crippen molar-refractivity contribution in [1.82, 2.24) is 10.3 Å². The number of nitrogens with two attached hydrogens (primary N) is 1. The molecular formula is C20H17N3O2S2. The fraction of sp³-hybridized carbons (Fsp3) is 0.100. The third-order valence-corrected chi connectivity index (χ3v) is 6.19. The van der Waals surface area contributed by atoms with Crippen LogP contribution in [0.5, 0.6) is 5.75 Å². The molecule has 0 unspecified atom stereocenters. The number of carbonyl (C=O) groups excluding carboxylic acids is 1. The first kappa shape index (κ1) is 17.5. The quantitative estimate of drug-likeness (QED) is 0.520. The van der Waals surface area contributed by atoms with Crippen LogP contribution in [0.3, 0.4) is 0 Å². The summed E-state index contributed by atoms with van der Waals surface area (Å²) < 4.78 is 5.14. The highest BCUT2D eigenvalue weighted by Crippen LogP contribution is 2.35. The molecule has 0 aliphatic rings. The maximum absolute atomic E-state index is 12.6. The Morgan fingerprint density at radius 3 is 2.70 bits per heavy atom. The monoisotopic (exact) mass is 395 g/mol. The first-order valence-electron chi connectivity index (χ1n) is 8.29. The van der Waals surface area contributed by atoms with Crippen molar-refractivity contribution in [3.63, 3.8) is 0 Å². The van der Waals surface area contributed by atoms with Gasteiger partial charge in [0, 0.05) is 11.9 Å². The Morgan fingerprint density at radius 2 is 2.00 bits per heavy atom. The van der Waals surface area contributed by atoms with Crippen molar-refractivity contribution in [2.75, 3.05) is 12.8 Å². The van der Waals surface area contributed by atoms with Crippen LogP contribution in [-0.4, -0.2) is 18.0 Å². The summed E-state index contributed by atoms with van der Waals surface area (Å²) in [6.45, 7) is 0.421. The Kier molecular flexibility index (Phi) is 4.79. The highest BCUT2D eigenvalue weighted by atomic mass is 32.1. The second kappa shape index (κ2) is 7.38. The zero-order valence-electron chi connectivity index (χ0n) is 14.6. The van der Waals surface area contributed by atoms with Gasteiger partial charge >= 0.3 is 0 Å². The molecular weight excluding hydrogens is 378 g/mol. The molecule has 0 radical (unpaired) electrons. The molecule has 4 aromatic rings. The van der Waals surface area contributed by atoms with Crippen LogP contribution in [0.2, 0.25) is 0 Å². The van der Waals surface area contributed by atoms with Gasteiger partial charge in [0.05, 0.1) is 23.4 Å². The molecule has 1 amide bonds. The molecule has 3 heterocycles. The van der Waals surface area contributed by atoms with Gasteiger partial charge in [-0.25, -0.2) is 4.98 Å². The van der Waals surface area contributed by atoms with E-state index in [1.54, 1.807) is 18.4 Å². The van der Waals surface area contributed by atoms with E-state index >= 15 is 0 Å². The highest BCUT2D eigenvalue weighted by molar-refractivity contribution is 7.21. The number of fused-ring (bicyclic) bond motifs is 1. The predicted octanol–water partition coefficient (Wildman–Crippen LogP) is 4.55. The molecule has 0 aliphatic carbocycles. The molecule has 0 bridgehead atoms. The number of nitrogens with one attached hydrogen (secondary N) is 1. The fourth-order valence-electron chi connectivity index (χ4n) is 2.73. The van der Waals surface area contributed by atoms with E-state index in [-0.39, 0.29) is 5.91 Å². The fourth-order valence-corrected chi connectivity index (χ4v) is 4.44. The number of rotatable bonds is 5. The predicted molar refractivity (Wildman–Crippen MR) is 112 cm³/mol. The SMILES string of the molecule is COc1ccc(CNC(=O)c2sc3nc(-c4cccs4)ccc3c2N)cc1. The molecule has 3 aromatic heterocycles. The lowest BCUT2D eigenvalue weighted by Gasteiger charge is -2.06. The van der Waals surface area contributed by atoms with Gasteiger partial charge in [0.15, 0.2) is 0 Å². The van der Waals surface area contributed by atoms with Crippen molar-refractivity contribution < 1.29 is 9.53 Å². The number of thiophene rings is 2. The molecule has 136 valence electrons. The van der Waals surface area contributed by atoms with Crippen LogP contribution in [-0.2, 0) is 6.54 Å². The van der Waals surface area contributed by atoms with Crippen LogP contribution < -0.4 is 15.8 Å². The largest absolute Gasteiger partial charge is 0.497 e. The number of benzene rings is 1. The average Bonchev–Trinajstić information content (AvgIpc) is 3.35. The van der Waals surface area contributed by atoms with E-state index in [9.17, 15) is 4.79 Å². The molecule has 0 aliphatic heterocycles. The summed E-state index contributed by atoms with van der Waals surface area (Å²) in [5.41, 5.74) is 8.57. The number of hydrogen-bond donors (Lipinski definition) is 2. The second-order valence-electron chi connectivity index (χ2n) is 5.90. The summed E-state index contributed by atoms with van der Waals surface area (Å²) in [6.07, 6.45) is 0.